The topological polar surface area (TPSA) is 103 Å². The van der Waals surface area contributed by atoms with Crippen molar-refractivity contribution in [2.75, 3.05) is 30.3 Å². The summed E-state index contributed by atoms with van der Waals surface area (Å²) in [6.45, 7) is 5.80. The molecule has 1 heterocycles. The molecule has 0 bridgehead atoms. The fraction of sp³-hybridized carbons (Fsp3) is 0.591. The third-order valence-corrected chi connectivity index (χ3v) is 5.73. The van der Waals surface area contributed by atoms with Crippen molar-refractivity contribution in [3.8, 4) is 0 Å². The van der Waals surface area contributed by atoms with Crippen LogP contribution in [0.15, 0.2) is 24.3 Å². The second kappa shape index (κ2) is 10.3. The molecule has 1 aromatic rings. The van der Waals surface area contributed by atoms with Crippen molar-refractivity contribution in [1.29, 1.82) is 0 Å². The van der Waals surface area contributed by atoms with Gasteiger partial charge in [-0.1, -0.05) is 6.92 Å². The van der Waals surface area contributed by atoms with Crippen LogP contribution in [-0.4, -0.2) is 48.5 Å². The van der Waals surface area contributed by atoms with E-state index in [1.807, 2.05) is 13.8 Å². The zero-order valence-corrected chi connectivity index (χ0v) is 17.9. The number of hydrogen-bond acceptors (Lipinski definition) is 3. The maximum Gasteiger partial charge on any atom is 0.321 e. The number of hydrogen-bond donors (Lipinski definition) is 4. The zero-order chi connectivity index (χ0) is 21.5. The predicted octanol–water partition coefficient (Wildman–Crippen LogP) is 3.38. The van der Waals surface area contributed by atoms with Crippen LogP contribution in [0.25, 0.3) is 0 Å². The van der Waals surface area contributed by atoms with Crippen molar-refractivity contribution in [3.63, 3.8) is 0 Å². The molecule has 1 aliphatic heterocycles. The summed E-state index contributed by atoms with van der Waals surface area (Å²) < 4.78 is 0. The minimum absolute atomic E-state index is 0.0606. The number of anilines is 2. The molecule has 1 aromatic carbocycles. The van der Waals surface area contributed by atoms with E-state index in [0.717, 1.165) is 25.8 Å². The van der Waals surface area contributed by atoms with Crippen LogP contribution in [0.5, 0.6) is 0 Å². The van der Waals surface area contributed by atoms with Crippen LogP contribution in [0.3, 0.4) is 0 Å². The largest absolute Gasteiger partial charge is 0.356 e. The smallest absolute Gasteiger partial charge is 0.321 e. The molecule has 3 rings (SSSR count). The summed E-state index contributed by atoms with van der Waals surface area (Å²) in [5.74, 6) is 0.569. The van der Waals surface area contributed by atoms with Crippen LogP contribution in [0.2, 0.25) is 0 Å². The molecule has 1 saturated heterocycles. The second-order valence-electron chi connectivity index (χ2n) is 8.39. The van der Waals surface area contributed by atoms with E-state index >= 15 is 0 Å². The highest BCUT2D eigenvalue weighted by Gasteiger charge is 2.30. The molecular formula is C22H33N5O3. The molecule has 0 unspecified atom stereocenters. The summed E-state index contributed by atoms with van der Waals surface area (Å²) in [4.78, 5) is 38.6. The lowest BCUT2D eigenvalue weighted by atomic mass is 9.97. The van der Waals surface area contributed by atoms with Crippen LogP contribution >= 0.6 is 0 Å². The molecule has 1 aliphatic carbocycles. The number of nitrogens with one attached hydrogen (secondary N) is 4. The molecule has 0 aromatic heterocycles. The van der Waals surface area contributed by atoms with E-state index in [1.54, 1.807) is 29.2 Å². The molecule has 30 heavy (non-hydrogen) atoms. The van der Waals surface area contributed by atoms with Gasteiger partial charge in [0.25, 0.3) is 0 Å². The number of nitrogens with zero attached hydrogens (tertiary/aromatic N) is 1. The van der Waals surface area contributed by atoms with Gasteiger partial charge in [-0.2, -0.15) is 0 Å². The van der Waals surface area contributed by atoms with E-state index in [2.05, 4.69) is 21.3 Å². The molecule has 2 atom stereocenters. The van der Waals surface area contributed by atoms with Gasteiger partial charge in [-0.25, -0.2) is 9.59 Å². The maximum absolute atomic E-state index is 12.6. The first-order chi connectivity index (χ1) is 14.4. The van der Waals surface area contributed by atoms with E-state index in [9.17, 15) is 14.4 Å². The lowest BCUT2D eigenvalue weighted by Gasteiger charge is -2.32. The number of rotatable bonds is 7. The van der Waals surface area contributed by atoms with E-state index in [0.29, 0.717) is 30.4 Å². The Kier molecular flexibility index (Phi) is 7.54. The fourth-order valence-electron chi connectivity index (χ4n) is 3.42. The Bertz CT molecular complexity index is 748. The lowest BCUT2D eigenvalue weighted by molar-refractivity contribution is -0.126. The minimum atomic E-state index is -0.250. The molecule has 8 heteroatoms. The van der Waals surface area contributed by atoms with Gasteiger partial charge in [0.1, 0.15) is 0 Å². The SMILES string of the molecule is CC[C@@H](C)NC(=O)Nc1ccc(NC(=O)N2CCC[C@@H](C(=O)NCC3CC3)C2)cc1. The maximum atomic E-state index is 12.6. The lowest BCUT2D eigenvalue weighted by Crippen LogP contribution is -2.47. The first-order valence-electron chi connectivity index (χ1n) is 11.0. The summed E-state index contributed by atoms with van der Waals surface area (Å²) in [6.07, 6.45) is 4.91. The molecule has 0 radical (unpaired) electrons. The Hall–Kier alpha value is -2.77. The van der Waals surface area contributed by atoms with Gasteiger partial charge < -0.3 is 26.2 Å². The Morgan fingerprint density at radius 2 is 1.73 bits per heavy atom. The van der Waals surface area contributed by atoms with Gasteiger partial charge in [0, 0.05) is 37.1 Å². The summed E-state index contributed by atoms with van der Waals surface area (Å²) in [5, 5.41) is 11.5. The zero-order valence-electron chi connectivity index (χ0n) is 17.9. The van der Waals surface area contributed by atoms with Gasteiger partial charge >= 0.3 is 12.1 Å². The number of piperidine rings is 1. The summed E-state index contributed by atoms with van der Waals surface area (Å²) in [5.41, 5.74) is 1.30. The second-order valence-corrected chi connectivity index (χ2v) is 8.39. The highest BCUT2D eigenvalue weighted by Crippen LogP contribution is 2.28. The Labute approximate surface area is 178 Å². The van der Waals surface area contributed by atoms with Crippen molar-refractivity contribution in [2.24, 2.45) is 11.8 Å². The quantitative estimate of drug-likeness (QED) is 0.549. The van der Waals surface area contributed by atoms with Crippen molar-refractivity contribution in [3.05, 3.63) is 24.3 Å². The van der Waals surface area contributed by atoms with Crippen LogP contribution in [-0.2, 0) is 4.79 Å². The van der Waals surface area contributed by atoms with Crippen LogP contribution in [0.4, 0.5) is 21.0 Å². The number of likely N-dealkylation sites (tertiary alicyclic amines) is 1. The number of carbonyl (C=O) groups excluding carboxylic acids is 3. The number of urea groups is 2. The highest BCUT2D eigenvalue weighted by atomic mass is 16.2. The van der Waals surface area contributed by atoms with Gasteiger partial charge in [0.2, 0.25) is 5.91 Å². The Balaban J connectivity index is 1.46. The molecule has 164 valence electrons. The van der Waals surface area contributed by atoms with Crippen LogP contribution < -0.4 is 21.3 Å². The summed E-state index contributed by atoms with van der Waals surface area (Å²) >= 11 is 0. The van der Waals surface area contributed by atoms with E-state index in [1.165, 1.54) is 12.8 Å². The van der Waals surface area contributed by atoms with Crippen LogP contribution in [0, 0.1) is 11.8 Å². The summed E-state index contributed by atoms with van der Waals surface area (Å²) in [6, 6.07) is 6.64. The average molecular weight is 416 g/mol. The first-order valence-corrected chi connectivity index (χ1v) is 11.0. The van der Waals surface area contributed by atoms with E-state index in [4.69, 9.17) is 0 Å². The molecular weight excluding hydrogens is 382 g/mol. The van der Waals surface area contributed by atoms with Gasteiger partial charge in [0.05, 0.1) is 5.92 Å². The summed E-state index contributed by atoms with van der Waals surface area (Å²) in [7, 11) is 0. The van der Waals surface area contributed by atoms with Gasteiger partial charge in [-0.15, -0.1) is 0 Å². The van der Waals surface area contributed by atoms with E-state index in [-0.39, 0.29) is 29.9 Å². The number of benzene rings is 1. The normalized spacial score (nSPS) is 19.5. The minimum Gasteiger partial charge on any atom is -0.356 e. The molecule has 0 spiro atoms. The van der Waals surface area contributed by atoms with Gasteiger partial charge in [-0.3, -0.25) is 4.79 Å². The number of amides is 5. The molecule has 4 N–H and O–H groups in total. The first kappa shape index (κ1) is 21.9. The standard InChI is InChI=1S/C22H33N5O3/c1-3-15(2)24-21(29)25-18-8-10-19(11-9-18)26-22(30)27-12-4-5-17(14-27)20(28)23-13-16-6-7-16/h8-11,15-17H,3-7,12-14H2,1-2H3,(H,23,28)(H,26,30)(H2,24,25,29)/t15-,17-/m1/s1. The molecule has 8 nitrogen and oxygen atoms in total. The fourth-order valence-corrected chi connectivity index (χ4v) is 3.42. The molecule has 2 aliphatic rings. The highest BCUT2D eigenvalue weighted by molar-refractivity contribution is 5.92. The van der Waals surface area contributed by atoms with E-state index < -0.39 is 0 Å². The Morgan fingerprint density at radius 1 is 1.07 bits per heavy atom. The molecule has 2 fully saturated rings. The van der Waals surface area contributed by atoms with Crippen molar-refractivity contribution in [2.45, 2.75) is 52.0 Å². The average Bonchev–Trinajstić information content (AvgIpc) is 3.58. The monoisotopic (exact) mass is 415 g/mol. The number of carbonyl (C=O) groups is 3. The predicted molar refractivity (Wildman–Crippen MR) is 117 cm³/mol. The van der Waals surface area contributed by atoms with Crippen molar-refractivity contribution in [1.82, 2.24) is 15.5 Å². The van der Waals surface area contributed by atoms with Gasteiger partial charge in [0.15, 0.2) is 0 Å². The van der Waals surface area contributed by atoms with Crippen LogP contribution in [0.1, 0.15) is 46.0 Å². The molecule has 5 amide bonds. The van der Waals surface area contributed by atoms with Crippen molar-refractivity contribution < 1.29 is 14.4 Å². The van der Waals surface area contributed by atoms with Crippen molar-refractivity contribution >= 4 is 29.3 Å². The Morgan fingerprint density at radius 3 is 2.37 bits per heavy atom. The van der Waals surface area contributed by atoms with Gasteiger partial charge in [-0.05, 0) is 69.2 Å². The third kappa shape index (κ3) is 6.64. The third-order valence-electron chi connectivity index (χ3n) is 5.73. The molecule has 1 saturated carbocycles.